The molecular weight excluding hydrogens is 580 g/mol. The number of rotatable bonds is 2. The van der Waals surface area contributed by atoms with E-state index in [4.69, 9.17) is 0 Å². The Balaban J connectivity index is 2.25. The Kier molecular flexibility index (Phi) is 5.94. The second-order valence-corrected chi connectivity index (χ2v) is 10.3. The lowest BCUT2D eigenvalue weighted by Gasteiger charge is -2.42. The SMILES string of the molecule is CC1CCCC(c2cc(Br)c(O)c(Br)c2)(c2cc(Br)c(O)c(Br)c2)C1. The van der Waals surface area contributed by atoms with Gasteiger partial charge < -0.3 is 10.2 Å². The number of phenolic OH excluding ortho intramolecular Hbond substituents is 2. The topological polar surface area (TPSA) is 40.5 Å². The van der Waals surface area contributed by atoms with Gasteiger partial charge in [0.15, 0.2) is 0 Å². The van der Waals surface area contributed by atoms with Crippen LogP contribution in [0.4, 0.5) is 0 Å². The van der Waals surface area contributed by atoms with Gasteiger partial charge in [-0.05, 0) is 118 Å². The molecule has 1 saturated carbocycles. The lowest BCUT2D eigenvalue weighted by molar-refractivity contribution is 0.272. The van der Waals surface area contributed by atoms with Crippen LogP contribution in [0.15, 0.2) is 42.2 Å². The van der Waals surface area contributed by atoms with Gasteiger partial charge >= 0.3 is 0 Å². The molecule has 6 heteroatoms. The van der Waals surface area contributed by atoms with E-state index in [1.54, 1.807) is 0 Å². The Morgan fingerprint density at radius 3 is 1.60 bits per heavy atom. The third-order valence-corrected chi connectivity index (χ3v) is 7.55. The number of phenols is 2. The molecule has 0 aliphatic heterocycles. The van der Waals surface area contributed by atoms with Gasteiger partial charge in [0, 0.05) is 5.41 Å². The molecule has 1 atom stereocenters. The molecule has 25 heavy (non-hydrogen) atoms. The summed E-state index contributed by atoms with van der Waals surface area (Å²) in [4.78, 5) is 0. The fraction of sp³-hybridized carbons (Fsp3) is 0.368. The highest BCUT2D eigenvalue weighted by molar-refractivity contribution is 9.11. The second kappa shape index (κ2) is 7.53. The van der Waals surface area contributed by atoms with E-state index in [1.165, 1.54) is 17.5 Å². The van der Waals surface area contributed by atoms with Gasteiger partial charge in [-0.25, -0.2) is 0 Å². The van der Waals surface area contributed by atoms with Crippen molar-refractivity contribution >= 4 is 63.7 Å². The van der Waals surface area contributed by atoms with Crippen molar-refractivity contribution in [1.82, 2.24) is 0 Å². The molecule has 2 N–H and O–H groups in total. The van der Waals surface area contributed by atoms with Gasteiger partial charge in [-0.2, -0.15) is 0 Å². The predicted molar refractivity (Wildman–Crippen MR) is 115 cm³/mol. The molecule has 2 aromatic carbocycles. The summed E-state index contributed by atoms with van der Waals surface area (Å²) in [5.41, 5.74) is 2.18. The third-order valence-electron chi connectivity index (χ3n) is 5.14. The maximum Gasteiger partial charge on any atom is 0.143 e. The molecule has 3 rings (SSSR count). The molecule has 0 bridgehead atoms. The minimum atomic E-state index is -0.158. The van der Waals surface area contributed by atoms with Crippen LogP contribution in [0.3, 0.4) is 0 Å². The predicted octanol–water partition coefficient (Wildman–Crippen LogP) is 7.64. The largest absolute Gasteiger partial charge is 0.506 e. The van der Waals surface area contributed by atoms with E-state index in [2.05, 4.69) is 70.6 Å². The fourth-order valence-corrected chi connectivity index (χ4v) is 6.30. The zero-order chi connectivity index (χ0) is 18.4. The van der Waals surface area contributed by atoms with Crippen LogP contribution in [-0.2, 0) is 5.41 Å². The van der Waals surface area contributed by atoms with Gasteiger partial charge in [-0.3, -0.25) is 0 Å². The van der Waals surface area contributed by atoms with E-state index < -0.39 is 0 Å². The summed E-state index contributed by atoms with van der Waals surface area (Å²) in [7, 11) is 0. The first kappa shape index (κ1) is 19.7. The van der Waals surface area contributed by atoms with Gasteiger partial charge in [0.2, 0.25) is 0 Å². The van der Waals surface area contributed by atoms with Crippen LogP contribution in [0.25, 0.3) is 0 Å². The normalized spacial score (nSPS) is 19.8. The second-order valence-electron chi connectivity index (χ2n) is 6.86. The van der Waals surface area contributed by atoms with Crippen LogP contribution in [0.2, 0.25) is 0 Å². The van der Waals surface area contributed by atoms with E-state index in [0.717, 1.165) is 19.3 Å². The first-order chi connectivity index (χ1) is 11.7. The van der Waals surface area contributed by atoms with Crippen molar-refractivity contribution in [3.05, 3.63) is 53.3 Å². The van der Waals surface area contributed by atoms with Crippen molar-refractivity contribution in [3.63, 3.8) is 0 Å². The standard InChI is InChI=1S/C19H18Br4O2/c1-10-3-2-4-19(9-10,11-5-13(20)17(24)14(21)6-11)12-7-15(22)18(25)16(23)8-12/h5-8,10,24-25H,2-4,9H2,1H3. The molecular formula is C19H18Br4O2. The molecule has 0 heterocycles. The monoisotopic (exact) mass is 594 g/mol. The maximum atomic E-state index is 10.1. The number of hydrogen-bond acceptors (Lipinski definition) is 2. The Bertz CT molecular complexity index is 716. The summed E-state index contributed by atoms with van der Waals surface area (Å²) in [6.07, 6.45) is 4.43. The van der Waals surface area contributed by atoms with Gasteiger partial charge in [0.25, 0.3) is 0 Å². The molecule has 2 aromatic rings. The summed E-state index contributed by atoms with van der Waals surface area (Å²) in [5.74, 6) is 1.04. The average Bonchev–Trinajstić information content (AvgIpc) is 2.56. The first-order valence-corrected chi connectivity index (χ1v) is 11.3. The molecule has 0 aromatic heterocycles. The molecule has 1 aliphatic rings. The minimum Gasteiger partial charge on any atom is -0.506 e. The van der Waals surface area contributed by atoms with Crippen LogP contribution in [0, 0.1) is 5.92 Å². The maximum absolute atomic E-state index is 10.1. The zero-order valence-corrected chi connectivity index (χ0v) is 20.0. The number of aromatic hydroxyl groups is 2. The van der Waals surface area contributed by atoms with Crippen LogP contribution in [-0.4, -0.2) is 10.2 Å². The summed E-state index contributed by atoms with van der Waals surface area (Å²) in [6, 6.07) is 8.08. The van der Waals surface area contributed by atoms with E-state index >= 15 is 0 Å². The summed E-state index contributed by atoms with van der Waals surface area (Å²) >= 11 is 13.9. The minimum absolute atomic E-state index is 0.158. The fourth-order valence-electron chi connectivity index (χ4n) is 3.93. The zero-order valence-electron chi connectivity index (χ0n) is 13.6. The van der Waals surface area contributed by atoms with E-state index in [9.17, 15) is 10.2 Å². The molecule has 1 fully saturated rings. The molecule has 0 saturated heterocycles. The van der Waals surface area contributed by atoms with E-state index in [0.29, 0.717) is 23.8 Å². The van der Waals surface area contributed by atoms with Crippen LogP contribution < -0.4 is 0 Å². The highest BCUT2D eigenvalue weighted by Gasteiger charge is 2.39. The van der Waals surface area contributed by atoms with Gasteiger partial charge in [0.1, 0.15) is 11.5 Å². The Labute approximate surface area is 181 Å². The van der Waals surface area contributed by atoms with Gasteiger partial charge in [-0.15, -0.1) is 0 Å². The smallest absolute Gasteiger partial charge is 0.143 e. The van der Waals surface area contributed by atoms with Gasteiger partial charge in [0.05, 0.1) is 17.9 Å². The van der Waals surface area contributed by atoms with Gasteiger partial charge in [-0.1, -0.05) is 19.8 Å². The first-order valence-electron chi connectivity index (χ1n) is 8.11. The van der Waals surface area contributed by atoms with Crippen molar-refractivity contribution in [3.8, 4) is 11.5 Å². The average molecular weight is 598 g/mol. The molecule has 0 radical (unpaired) electrons. The molecule has 2 nitrogen and oxygen atoms in total. The van der Waals surface area contributed by atoms with E-state index in [1.807, 2.05) is 24.3 Å². The quantitative estimate of drug-likeness (QED) is 0.373. The lowest BCUT2D eigenvalue weighted by atomic mass is 9.62. The highest BCUT2D eigenvalue weighted by atomic mass is 79.9. The Hall–Kier alpha value is -0.0400. The van der Waals surface area contributed by atoms with Crippen LogP contribution >= 0.6 is 63.7 Å². The van der Waals surface area contributed by atoms with E-state index in [-0.39, 0.29) is 16.9 Å². The molecule has 134 valence electrons. The highest BCUT2D eigenvalue weighted by Crippen LogP contribution is 2.51. The molecule has 0 amide bonds. The molecule has 0 spiro atoms. The van der Waals surface area contributed by atoms with Crippen LogP contribution in [0.5, 0.6) is 11.5 Å². The summed E-state index contributed by atoms with van der Waals surface area (Å²) in [6.45, 7) is 2.29. The molecule has 1 unspecified atom stereocenters. The third kappa shape index (κ3) is 3.69. The Morgan fingerprint density at radius 1 is 0.840 bits per heavy atom. The number of halogens is 4. The van der Waals surface area contributed by atoms with Crippen molar-refractivity contribution in [1.29, 1.82) is 0 Å². The van der Waals surface area contributed by atoms with Crippen molar-refractivity contribution < 1.29 is 10.2 Å². The molecule has 1 aliphatic carbocycles. The Morgan fingerprint density at radius 2 is 1.24 bits per heavy atom. The van der Waals surface area contributed by atoms with Crippen molar-refractivity contribution in [2.75, 3.05) is 0 Å². The summed E-state index contributed by atoms with van der Waals surface area (Å²) < 4.78 is 2.75. The van der Waals surface area contributed by atoms with Crippen molar-refractivity contribution in [2.45, 2.75) is 38.0 Å². The summed E-state index contributed by atoms with van der Waals surface area (Å²) in [5, 5.41) is 20.2. The van der Waals surface area contributed by atoms with Crippen LogP contribution in [0.1, 0.15) is 43.7 Å². The number of hydrogen-bond donors (Lipinski definition) is 2. The lowest BCUT2D eigenvalue weighted by Crippen LogP contribution is -2.33. The van der Waals surface area contributed by atoms with Crippen molar-refractivity contribution in [2.24, 2.45) is 5.92 Å². The number of benzene rings is 2.